The minimum Gasteiger partial charge on any atom is -0.493 e. The molecule has 0 amide bonds. The van der Waals surface area contributed by atoms with Gasteiger partial charge in [-0.25, -0.2) is 9.97 Å². The van der Waals surface area contributed by atoms with E-state index in [0.29, 0.717) is 29.4 Å². The van der Waals surface area contributed by atoms with Crippen molar-refractivity contribution >= 4 is 16.7 Å². The first-order valence-corrected chi connectivity index (χ1v) is 9.95. The molecule has 0 spiro atoms. The Morgan fingerprint density at radius 1 is 1.03 bits per heavy atom. The number of anilines is 1. The molecule has 158 valence electrons. The fraction of sp³-hybridized carbons (Fsp3) is 0.409. The van der Waals surface area contributed by atoms with E-state index in [0.717, 1.165) is 42.8 Å². The van der Waals surface area contributed by atoms with Crippen molar-refractivity contribution < 1.29 is 18.9 Å². The second kappa shape index (κ2) is 9.13. The summed E-state index contributed by atoms with van der Waals surface area (Å²) in [6.45, 7) is 2.14. The summed E-state index contributed by atoms with van der Waals surface area (Å²) in [7, 11) is 4.79. The second-order valence-corrected chi connectivity index (χ2v) is 7.08. The molecule has 8 heteroatoms. The molecule has 3 heterocycles. The number of hydrogen-bond acceptors (Lipinski definition) is 8. The largest absolute Gasteiger partial charge is 0.493 e. The molecule has 1 aromatic carbocycles. The van der Waals surface area contributed by atoms with Crippen molar-refractivity contribution in [1.29, 1.82) is 0 Å². The van der Waals surface area contributed by atoms with Gasteiger partial charge >= 0.3 is 0 Å². The van der Waals surface area contributed by atoms with E-state index in [1.807, 2.05) is 24.3 Å². The Hall–Kier alpha value is -3.13. The predicted octanol–water partition coefficient (Wildman–Crippen LogP) is 3.24. The molecule has 8 nitrogen and oxygen atoms in total. The monoisotopic (exact) mass is 410 g/mol. The van der Waals surface area contributed by atoms with Crippen molar-refractivity contribution in [2.24, 2.45) is 0 Å². The lowest BCUT2D eigenvalue weighted by Gasteiger charge is -2.34. The zero-order valence-corrected chi connectivity index (χ0v) is 17.5. The van der Waals surface area contributed by atoms with E-state index >= 15 is 0 Å². The van der Waals surface area contributed by atoms with Gasteiger partial charge in [0, 0.05) is 19.3 Å². The number of nitrogens with zero attached hydrogens (tertiary/aromatic N) is 4. The fourth-order valence-corrected chi connectivity index (χ4v) is 3.86. The molecule has 30 heavy (non-hydrogen) atoms. The molecular formula is C22H26N4O4. The highest BCUT2D eigenvalue weighted by Crippen LogP contribution is 2.44. The highest BCUT2D eigenvalue weighted by atomic mass is 16.5. The lowest BCUT2D eigenvalue weighted by Crippen LogP contribution is -2.40. The van der Waals surface area contributed by atoms with Crippen molar-refractivity contribution in [3.05, 3.63) is 42.5 Å². The van der Waals surface area contributed by atoms with Crippen LogP contribution in [0.1, 0.15) is 18.5 Å². The standard InChI is InChI=1S/C22H26N4O4/c1-27-18-11-17-19(21(29-3)20(18)28-2)24-14-25-22(17)26-10-6-8-16(12-26)30-13-15-7-4-5-9-23-15/h4-5,7,9,11,14,16H,6,8,10,12-13H2,1-3H3. The number of methoxy groups -OCH3 is 3. The molecule has 1 saturated heterocycles. The number of piperidine rings is 1. The van der Waals surface area contributed by atoms with Gasteiger partial charge in [-0.15, -0.1) is 0 Å². The van der Waals surface area contributed by atoms with Crippen molar-refractivity contribution in [2.45, 2.75) is 25.6 Å². The third kappa shape index (κ3) is 3.95. The van der Waals surface area contributed by atoms with Crippen molar-refractivity contribution in [3.63, 3.8) is 0 Å². The average molecular weight is 410 g/mol. The lowest BCUT2D eigenvalue weighted by molar-refractivity contribution is 0.0297. The summed E-state index contributed by atoms with van der Waals surface area (Å²) < 4.78 is 22.8. The highest BCUT2D eigenvalue weighted by Gasteiger charge is 2.26. The van der Waals surface area contributed by atoms with Gasteiger partial charge in [-0.1, -0.05) is 6.07 Å². The van der Waals surface area contributed by atoms with Gasteiger partial charge in [-0.3, -0.25) is 4.98 Å². The van der Waals surface area contributed by atoms with Crippen LogP contribution >= 0.6 is 0 Å². The summed E-state index contributed by atoms with van der Waals surface area (Å²) in [4.78, 5) is 15.6. The molecule has 0 radical (unpaired) electrons. The second-order valence-electron chi connectivity index (χ2n) is 7.08. The summed E-state index contributed by atoms with van der Waals surface area (Å²) in [5, 5.41) is 0.859. The van der Waals surface area contributed by atoms with E-state index in [2.05, 4.69) is 19.9 Å². The van der Waals surface area contributed by atoms with Crippen LogP contribution in [0.15, 0.2) is 36.8 Å². The molecule has 0 N–H and O–H groups in total. The van der Waals surface area contributed by atoms with Crippen LogP contribution in [0.5, 0.6) is 17.2 Å². The van der Waals surface area contributed by atoms with Gasteiger partial charge in [-0.2, -0.15) is 0 Å². The molecule has 3 aromatic rings. The summed E-state index contributed by atoms with van der Waals surface area (Å²) in [5.74, 6) is 2.48. The Labute approximate surface area is 175 Å². The first kappa shape index (κ1) is 20.2. The maximum absolute atomic E-state index is 6.14. The number of pyridine rings is 1. The number of benzene rings is 1. The molecule has 1 fully saturated rings. The smallest absolute Gasteiger partial charge is 0.205 e. The fourth-order valence-electron chi connectivity index (χ4n) is 3.86. The Balaban J connectivity index is 1.62. The number of hydrogen-bond donors (Lipinski definition) is 0. The topological polar surface area (TPSA) is 78.8 Å². The van der Waals surface area contributed by atoms with Crippen LogP contribution in [0.4, 0.5) is 5.82 Å². The van der Waals surface area contributed by atoms with Gasteiger partial charge in [-0.05, 0) is 31.0 Å². The number of fused-ring (bicyclic) bond motifs is 1. The number of ether oxygens (including phenoxy) is 4. The van der Waals surface area contributed by atoms with Crippen LogP contribution in [0.3, 0.4) is 0 Å². The number of aromatic nitrogens is 3. The van der Waals surface area contributed by atoms with Crippen LogP contribution in [0, 0.1) is 0 Å². The minimum absolute atomic E-state index is 0.104. The summed E-state index contributed by atoms with van der Waals surface area (Å²) >= 11 is 0. The van der Waals surface area contributed by atoms with Crippen LogP contribution in [-0.4, -0.2) is 55.5 Å². The van der Waals surface area contributed by atoms with E-state index in [-0.39, 0.29) is 6.10 Å². The first-order chi connectivity index (χ1) is 14.7. The van der Waals surface area contributed by atoms with Crippen LogP contribution in [0.2, 0.25) is 0 Å². The van der Waals surface area contributed by atoms with Gasteiger partial charge in [0.1, 0.15) is 17.7 Å². The minimum atomic E-state index is 0.104. The Morgan fingerprint density at radius 2 is 1.90 bits per heavy atom. The molecule has 1 unspecified atom stereocenters. The summed E-state index contributed by atoms with van der Waals surface area (Å²) in [6.07, 6.45) is 5.47. The SMILES string of the molecule is COc1cc2c(N3CCCC(OCc4ccccn4)C3)ncnc2c(OC)c1OC. The third-order valence-electron chi connectivity index (χ3n) is 5.28. The van der Waals surface area contributed by atoms with Crippen molar-refractivity contribution in [3.8, 4) is 17.2 Å². The Bertz CT molecular complexity index is 999. The zero-order valence-electron chi connectivity index (χ0n) is 17.5. The highest BCUT2D eigenvalue weighted by molar-refractivity contribution is 5.97. The molecule has 1 aliphatic heterocycles. The lowest BCUT2D eigenvalue weighted by atomic mass is 10.1. The maximum Gasteiger partial charge on any atom is 0.205 e. The van der Waals surface area contributed by atoms with Crippen LogP contribution < -0.4 is 19.1 Å². The third-order valence-corrected chi connectivity index (χ3v) is 5.28. The quantitative estimate of drug-likeness (QED) is 0.587. The molecule has 0 bridgehead atoms. The Morgan fingerprint density at radius 3 is 2.63 bits per heavy atom. The van der Waals surface area contributed by atoms with Crippen LogP contribution in [-0.2, 0) is 11.3 Å². The van der Waals surface area contributed by atoms with E-state index in [9.17, 15) is 0 Å². The van der Waals surface area contributed by atoms with Gasteiger partial charge in [0.15, 0.2) is 11.5 Å². The van der Waals surface area contributed by atoms with Gasteiger partial charge in [0.05, 0.1) is 45.1 Å². The summed E-state index contributed by atoms with van der Waals surface area (Å²) in [6, 6.07) is 7.76. The van der Waals surface area contributed by atoms with Gasteiger partial charge < -0.3 is 23.8 Å². The molecule has 1 aliphatic rings. The molecule has 0 saturated carbocycles. The predicted molar refractivity (Wildman–Crippen MR) is 113 cm³/mol. The van der Waals surface area contributed by atoms with Crippen molar-refractivity contribution in [1.82, 2.24) is 15.0 Å². The van der Waals surface area contributed by atoms with E-state index in [1.165, 1.54) is 0 Å². The van der Waals surface area contributed by atoms with Crippen LogP contribution in [0.25, 0.3) is 10.9 Å². The normalized spacial score (nSPS) is 16.5. The molecule has 4 rings (SSSR count). The van der Waals surface area contributed by atoms with Gasteiger partial charge in [0.25, 0.3) is 0 Å². The molecule has 2 aromatic heterocycles. The average Bonchev–Trinajstić information content (AvgIpc) is 2.81. The van der Waals surface area contributed by atoms with E-state index in [1.54, 1.807) is 33.9 Å². The van der Waals surface area contributed by atoms with E-state index in [4.69, 9.17) is 18.9 Å². The first-order valence-electron chi connectivity index (χ1n) is 9.95. The van der Waals surface area contributed by atoms with E-state index < -0.39 is 0 Å². The molecule has 1 atom stereocenters. The number of rotatable bonds is 7. The summed E-state index contributed by atoms with van der Waals surface area (Å²) in [5.41, 5.74) is 1.63. The maximum atomic E-state index is 6.14. The zero-order chi connectivity index (χ0) is 20.9. The molecular weight excluding hydrogens is 384 g/mol. The molecule has 0 aliphatic carbocycles. The Kier molecular flexibility index (Phi) is 6.13. The van der Waals surface area contributed by atoms with Gasteiger partial charge in [0.2, 0.25) is 5.75 Å². The van der Waals surface area contributed by atoms with Crippen molar-refractivity contribution in [2.75, 3.05) is 39.3 Å².